The largest absolute Gasteiger partial charge is 0.378 e. The summed E-state index contributed by atoms with van der Waals surface area (Å²) in [5.41, 5.74) is 2.76. The van der Waals surface area contributed by atoms with Crippen molar-refractivity contribution in [3.05, 3.63) is 47.5 Å². The Labute approximate surface area is 135 Å². The molecule has 2 heteroatoms. The van der Waals surface area contributed by atoms with E-state index in [4.69, 9.17) is 4.74 Å². The summed E-state index contributed by atoms with van der Waals surface area (Å²) in [5, 5.41) is 2.75. The Kier molecular flexibility index (Phi) is 4.97. The molecule has 1 heterocycles. The summed E-state index contributed by atoms with van der Waals surface area (Å²) in [6.07, 6.45) is 6.54. The first-order valence-electron chi connectivity index (χ1n) is 7.99. The lowest BCUT2D eigenvalue weighted by molar-refractivity contribution is 0.0102. The van der Waals surface area contributed by atoms with Gasteiger partial charge in [-0.1, -0.05) is 52.3 Å². The molecule has 1 fully saturated rings. The Bertz CT molecular complexity index is 602. The van der Waals surface area contributed by atoms with Crippen molar-refractivity contribution in [2.45, 2.75) is 50.0 Å². The highest BCUT2D eigenvalue weighted by Gasteiger charge is 2.17. The fraction of sp³-hybridized carbons (Fsp3) is 0.474. The third-order valence-electron chi connectivity index (χ3n) is 4.53. The molecule has 1 aliphatic rings. The molecule has 0 saturated carbocycles. The minimum absolute atomic E-state index is 0.411. The van der Waals surface area contributed by atoms with Crippen LogP contribution in [0.5, 0.6) is 0 Å². The van der Waals surface area contributed by atoms with Crippen molar-refractivity contribution in [1.82, 2.24) is 0 Å². The number of hydrogen-bond acceptors (Lipinski definition) is 1. The Morgan fingerprint density at radius 3 is 2.71 bits per heavy atom. The highest BCUT2D eigenvalue weighted by atomic mass is 79.9. The van der Waals surface area contributed by atoms with Gasteiger partial charge in [0, 0.05) is 11.4 Å². The van der Waals surface area contributed by atoms with E-state index < -0.39 is 0 Å². The quantitative estimate of drug-likeness (QED) is 0.623. The maximum absolute atomic E-state index is 5.85. The zero-order valence-corrected chi connectivity index (χ0v) is 14.2. The molecule has 0 N–H and O–H groups in total. The molecule has 2 unspecified atom stereocenters. The van der Waals surface area contributed by atoms with Crippen molar-refractivity contribution in [1.29, 1.82) is 0 Å². The normalized spacial score (nSPS) is 20.6. The molecule has 21 heavy (non-hydrogen) atoms. The maximum Gasteiger partial charge on any atom is 0.0575 e. The fourth-order valence-corrected chi connectivity index (χ4v) is 3.93. The summed E-state index contributed by atoms with van der Waals surface area (Å²) in [7, 11) is 0. The second kappa shape index (κ2) is 6.93. The van der Waals surface area contributed by atoms with Crippen LogP contribution in [0.25, 0.3) is 10.8 Å². The van der Waals surface area contributed by atoms with Gasteiger partial charge in [-0.2, -0.15) is 0 Å². The molecule has 112 valence electrons. The molecule has 1 saturated heterocycles. The SMILES string of the molecule is Cc1ccc(C(Br)CCC2CCCCO2)c2ccccc12. The van der Waals surface area contributed by atoms with Crippen LogP contribution in [0.2, 0.25) is 0 Å². The standard InChI is InChI=1S/C19H23BrO/c1-14-9-11-18(17-8-3-2-7-16(14)17)19(20)12-10-15-6-4-5-13-21-15/h2-3,7-9,11,15,19H,4-6,10,12-13H2,1H3. The second-order valence-corrected chi connectivity index (χ2v) is 7.16. The highest BCUT2D eigenvalue weighted by Crippen LogP contribution is 2.35. The van der Waals surface area contributed by atoms with Gasteiger partial charge < -0.3 is 4.74 Å². The van der Waals surface area contributed by atoms with Gasteiger partial charge in [-0.05, 0) is 60.9 Å². The molecule has 0 amide bonds. The van der Waals surface area contributed by atoms with E-state index in [1.807, 2.05) is 0 Å². The molecule has 0 aromatic heterocycles. The summed E-state index contributed by atoms with van der Waals surface area (Å²) < 4.78 is 5.85. The summed E-state index contributed by atoms with van der Waals surface area (Å²) in [6.45, 7) is 3.14. The molecule has 2 aromatic carbocycles. The van der Waals surface area contributed by atoms with E-state index in [0.717, 1.165) is 19.4 Å². The fourth-order valence-electron chi connectivity index (χ4n) is 3.27. The van der Waals surface area contributed by atoms with Crippen LogP contribution < -0.4 is 0 Å². The predicted octanol–water partition coefficient (Wildman–Crippen LogP) is 5.93. The Morgan fingerprint density at radius 1 is 1.14 bits per heavy atom. The first-order chi connectivity index (χ1) is 10.3. The van der Waals surface area contributed by atoms with E-state index in [2.05, 4.69) is 59.3 Å². The topological polar surface area (TPSA) is 9.23 Å². The van der Waals surface area contributed by atoms with Gasteiger partial charge in [-0.3, -0.25) is 0 Å². The summed E-state index contributed by atoms with van der Waals surface area (Å²) >= 11 is 3.90. The summed E-state index contributed by atoms with van der Waals surface area (Å²) in [6, 6.07) is 13.2. The third kappa shape index (κ3) is 3.49. The molecule has 1 nitrogen and oxygen atoms in total. The Morgan fingerprint density at radius 2 is 1.95 bits per heavy atom. The third-order valence-corrected chi connectivity index (χ3v) is 5.48. The molecule has 0 bridgehead atoms. The lowest BCUT2D eigenvalue weighted by Gasteiger charge is -2.24. The van der Waals surface area contributed by atoms with Crippen molar-refractivity contribution in [3.63, 3.8) is 0 Å². The van der Waals surface area contributed by atoms with Crippen LogP contribution in [-0.2, 0) is 4.74 Å². The molecule has 2 aromatic rings. The van der Waals surface area contributed by atoms with Gasteiger partial charge in [-0.15, -0.1) is 0 Å². The van der Waals surface area contributed by atoms with Gasteiger partial charge >= 0.3 is 0 Å². The van der Waals surface area contributed by atoms with Crippen LogP contribution in [0.3, 0.4) is 0 Å². The molecule has 0 aliphatic carbocycles. The Balaban J connectivity index is 1.75. The van der Waals surface area contributed by atoms with Crippen LogP contribution in [-0.4, -0.2) is 12.7 Å². The van der Waals surface area contributed by atoms with Gasteiger partial charge in [0.05, 0.1) is 6.10 Å². The lowest BCUT2D eigenvalue weighted by Crippen LogP contribution is -2.19. The lowest BCUT2D eigenvalue weighted by atomic mass is 9.95. The van der Waals surface area contributed by atoms with Crippen molar-refractivity contribution in [2.75, 3.05) is 6.61 Å². The van der Waals surface area contributed by atoms with Gasteiger partial charge in [0.1, 0.15) is 0 Å². The summed E-state index contributed by atoms with van der Waals surface area (Å²) in [4.78, 5) is 0.411. The summed E-state index contributed by atoms with van der Waals surface area (Å²) in [5.74, 6) is 0. The Hall–Kier alpha value is -0.860. The molecule has 1 aliphatic heterocycles. The van der Waals surface area contributed by atoms with Gasteiger partial charge in [0.25, 0.3) is 0 Å². The van der Waals surface area contributed by atoms with E-state index in [0.29, 0.717) is 10.9 Å². The molecular formula is C19H23BrO. The monoisotopic (exact) mass is 346 g/mol. The van der Waals surface area contributed by atoms with E-state index in [9.17, 15) is 0 Å². The van der Waals surface area contributed by atoms with Crippen LogP contribution in [0.4, 0.5) is 0 Å². The molecule has 2 atom stereocenters. The zero-order chi connectivity index (χ0) is 14.7. The van der Waals surface area contributed by atoms with E-state index in [1.54, 1.807) is 0 Å². The highest BCUT2D eigenvalue weighted by molar-refractivity contribution is 9.09. The van der Waals surface area contributed by atoms with Crippen LogP contribution in [0.15, 0.2) is 36.4 Å². The zero-order valence-electron chi connectivity index (χ0n) is 12.6. The van der Waals surface area contributed by atoms with Crippen LogP contribution in [0.1, 0.15) is 48.1 Å². The number of fused-ring (bicyclic) bond motifs is 1. The number of hydrogen-bond donors (Lipinski definition) is 0. The smallest absolute Gasteiger partial charge is 0.0575 e. The molecular weight excluding hydrogens is 324 g/mol. The van der Waals surface area contributed by atoms with Gasteiger partial charge in [0.15, 0.2) is 0 Å². The minimum Gasteiger partial charge on any atom is -0.378 e. The number of halogens is 1. The van der Waals surface area contributed by atoms with Gasteiger partial charge in [0.2, 0.25) is 0 Å². The van der Waals surface area contributed by atoms with Crippen molar-refractivity contribution in [2.24, 2.45) is 0 Å². The molecule has 0 spiro atoms. The number of alkyl halides is 1. The second-order valence-electron chi connectivity index (χ2n) is 6.05. The number of aryl methyl sites for hydroxylation is 1. The number of rotatable bonds is 4. The average Bonchev–Trinajstić information content (AvgIpc) is 2.54. The first kappa shape index (κ1) is 15.1. The molecule has 3 rings (SSSR count). The average molecular weight is 347 g/mol. The molecule has 0 radical (unpaired) electrons. The van der Waals surface area contributed by atoms with Crippen molar-refractivity contribution < 1.29 is 4.74 Å². The maximum atomic E-state index is 5.85. The van der Waals surface area contributed by atoms with Crippen LogP contribution in [0, 0.1) is 6.92 Å². The minimum atomic E-state index is 0.411. The number of benzene rings is 2. The number of ether oxygens (including phenoxy) is 1. The van der Waals surface area contributed by atoms with Crippen LogP contribution >= 0.6 is 15.9 Å². The van der Waals surface area contributed by atoms with E-state index in [-0.39, 0.29) is 0 Å². The van der Waals surface area contributed by atoms with Crippen molar-refractivity contribution in [3.8, 4) is 0 Å². The van der Waals surface area contributed by atoms with Crippen molar-refractivity contribution >= 4 is 26.7 Å². The van der Waals surface area contributed by atoms with E-state index >= 15 is 0 Å². The predicted molar refractivity (Wildman–Crippen MR) is 93.2 cm³/mol. The van der Waals surface area contributed by atoms with E-state index in [1.165, 1.54) is 41.2 Å². The first-order valence-corrected chi connectivity index (χ1v) is 8.91. The van der Waals surface area contributed by atoms with Gasteiger partial charge in [-0.25, -0.2) is 0 Å².